The lowest BCUT2D eigenvalue weighted by Crippen LogP contribution is -2.30. The highest BCUT2D eigenvalue weighted by Gasteiger charge is 2.19. The lowest BCUT2D eigenvalue weighted by atomic mass is 10.1. The maximum atomic E-state index is 12.0. The molecule has 2 aromatic rings. The van der Waals surface area contributed by atoms with Crippen LogP contribution < -0.4 is 5.32 Å². The molecule has 22 heavy (non-hydrogen) atoms. The van der Waals surface area contributed by atoms with E-state index in [1.807, 2.05) is 24.3 Å². The summed E-state index contributed by atoms with van der Waals surface area (Å²) in [4.78, 5) is 24.0. The third-order valence-electron chi connectivity index (χ3n) is 3.10. The molecular formula is C16H18ClNO3S. The quantitative estimate of drug-likeness (QED) is 0.813. The number of halogens is 1. The molecule has 0 unspecified atom stereocenters. The van der Waals surface area contributed by atoms with Gasteiger partial charge in [0, 0.05) is 16.6 Å². The van der Waals surface area contributed by atoms with Crippen LogP contribution in [-0.4, -0.2) is 25.0 Å². The van der Waals surface area contributed by atoms with Gasteiger partial charge in [0.1, 0.15) is 4.88 Å². The zero-order valence-electron chi connectivity index (χ0n) is 12.5. The lowest BCUT2D eigenvalue weighted by molar-refractivity contribution is -0.124. The van der Waals surface area contributed by atoms with Crippen LogP contribution in [0.5, 0.6) is 0 Å². The van der Waals surface area contributed by atoms with Gasteiger partial charge in [0.05, 0.1) is 5.02 Å². The highest BCUT2D eigenvalue weighted by atomic mass is 35.5. The van der Waals surface area contributed by atoms with Crippen molar-refractivity contribution in [2.45, 2.75) is 20.3 Å². The van der Waals surface area contributed by atoms with E-state index >= 15 is 0 Å². The highest BCUT2D eigenvalue weighted by Crippen LogP contribution is 2.35. The molecule has 0 spiro atoms. The number of hydrogen-bond donors (Lipinski definition) is 1. The highest BCUT2D eigenvalue weighted by molar-refractivity contribution is 7.21. The molecule has 0 fully saturated rings. The molecule has 0 atom stereocenters. The Morgan fingerprint density at radius 3 is 2.73 bits per heavy atom. The van der Waals surface area contributed by atoms with Gasteiger partial charge in [-0.25, -0.2) is 4.79 Å². The zero-order valence-corrected chi connectivity index (χ0v) is 14.1. The van der Waals surface area contributed by atoms with Crippen LogP contribution >= 0.6 is 22.9 Å². The van der Waals surface area contributed by atoms with E-state index in [0.717, 1.165) is 16.5 Å². The fourth-order valence-corrected chi connectivity index (χ4v) is 3.30. The summed E-state index contributed by atoms with van der Waals surface area (Å²) >= 11 is 7.46. The first kappa shape index (κ1) is 16.8. The minimum absolute atomic E-state index is 0.290. The maximum Gasteiger partial charge on any atom is 0.350 e. The van der Waals surface area contributed by atoms with Gasteiger partial charge in [-0.3, -0.25) is 4.79 Å². The normalized spacial score (nSPS) is 10.9. The topological polar surface area (TPSA) is 55.4 Å². The van der Waals surface area contributed by atoms with Crippen molar-refractivity contribution in [1.29, 1.82) is 0 Å². The Bertz CT molecular complexity index is 681. The number of amides is 1. The standard InChI is InChI=1S/C16H18ClNO3S/c1-10(2)7-8-18-13(19)9-21-16(20)15-14(17)11-5-3-4-6-12(11)22-15/h3-6,10H,7-9H2,1-2H3,(H,18,19). The minimum Gasteiger partial charge on any atom is -0.451 e. The molecule has 1 N–H and O–H groups in total. The van der Waals surface area contributed by atoms with Gasteiger partial charge in [0.25, 0.3) is 5.91 Å². The number of ether oxygens (including phenoxy) is 1. The van der Waals surface area contributed by atoms with Crippen LogP contribution in [0.3, 0.4) is 0 Å². The molecule has 6 heteroatoms. The Morgan fingerprint density at radius 2 is 2.05 bits per heavy atom. The Balaban J connectivity index is 1.91. The number of thiophene rings is 1. The van der Waals surface area contributed by atoms with Crippen LogP contribution in [0.4, 0.5) is 0 Å². The second kappa shape index (κ2) is 7.61. The van der Waals surface area contributed by atoms with Crippen LogP contribution in [0.25, 0.3) is 10.1 Å². The molecule has 1 aromatic heterocycles. The number of benzene rings is 1. The summed E-state index contributed by atoms with van der Waals surface area (Å²) in [5, 5.41) is 3.92. The average Bonchev–Trinajstić information content (AvgIpc) is 2.82. The first-order valence-corrected chi connectivity index (χ1v) is 8.29. The van der Waals surface area contributed by atoms with Gasteiger partial charge in [-0.1, -0.05) is 43.6 Å². The van der Waals surface area contributed by atoms with Crippen molar-refractivity contribution in [2.24, 2.45) is 5.92 Å². The van der Waals surface area contributed by atoms with Gasteiger partial charge in [0.2, 0.25) is 0 Å². The number of fused-ring (bicyclic) bond motifs is 1. The summed E-state index contributed by atoms with van der Waals surface area (Å²) in [6.07, 6.45) is 0.891. The van der Waals surface area contributed by atoms with Crippen molar-refractivity contribution in [3.8, 4) is 0 Å². The molecule has 0 aliphatic rings. The van der Waals surface area contributed by atoms with Gasteiger partial charge < -0.3 is 10.1 Å². The van der Waals surface area contributed by atoms with E-state index in [-0.39, 0.29) is 12.5 Å². The molecule has 0 saturated heterocycles. The van der Waals surface area contributed by atoms with E-state index in [0.29, 0.717) is 22.4 Å². The number of esters is 1. The minimum atomic E-state index is -0.565. The summed E-state index contributed by atoms with van der Waals surface area (Å²) in [6.45, 7) is 4.45. The van der Waals surface area contributed by atoms with Crippen molar-refractivity contribution in [3.63, 3.8) is 0 Å². The average molecular weight is 340 g/mol. The van der Waals surface area contributed by atoms with Crippen LogP contribution in [0.1, 0.15) is 29.9 Å². The number of rotatable bonds is 6. The van der Waals surface area contributed by atoms with Crippen LogP contribution in [0.15, 0.2) is 24.3 Å². The Labute approximate surface area is 138 Å². The Hall–Kier alpha value is -1.59. The van der Waals surface area contributed by atoms with Crippen LogP contribution in [-0.2, 0) is 9.53 Å². The molecule has 0 aliphatic carbocycles. The summed E-state index contributed by atoms with van der Waals surface area (Å²) in [6, 6.07) is 7.48. The molecule has 1 aromatic carbocycles. The molecular weight excluding hydrogens is 322 g/mol. The lowest BCUT2D eigenvalue weighted by Gasteiger charge is -2.07. The number of hydrogen-bond acceptors (Lipinski definition) is 4. The van der Waals surface area contributed by atoms with E-state index in [9.17, 15) is 9.59 Å². The fourth-order valence-electron chi connectivity index (χ4n) is 1.89. The molecule has 118 valence electrons. The van der Waals surface area contributed by atoms with Crippen molar-refractivity contribution >= 4 is 44.9 Å². The van der Waals surface area contributed by atoms with Gasteiger partial charge >= 0.3 is 5.97 Å². The molecule has 1 heterocycles. The molecule has 4 nitrogen and oxygen atoms in total. The molecule has 0 aliphatic heterocycles. The summed E-state index contributed by atoms with van der Waals surface area (Å²) in [7, 11) is 0. The zero-order chi connectivity index (χ0) is 16.1. The van der Waals surface area contributed by atoms with E-state index in [1.54, 1.807) is 0 Å². The molecule has 2 rings (SSSR count). The second-order valence-electron chi connectivity index (χ2n) is 5.35. The van der Waals surface area contributed by atoms with E-state index in [2.05, 4.69) is 19.2 Å². The van der Waals surface area contributed by atoms with Gasteiger partial charge in [-0.05, 0) is 18.4 Å². The van der Waals surface area contributed by atoms with Crippen LogP contribution in [0.2, 0.25) is 5.02 Å². The number of carbonyl (C=O) groups excluding carboxylic acids is 2. The van der Waals surface area contributed by atoms with E-state index in [1.165, 1.54) is 11.3 Å². The summed E-state index contributed by atoms with van der Waals surface area (Å²) in [5.41, 5.74) is 0. The van der Waals surface area contributed by atoms with Gasteiger partial charge in [-0.2, -0.15) is 0 Å². The van der Waals surface area contributed by atoms with Crippen molar-refractivity contribution in [1.82, 2.24) is 5.32 Å². The first-order chi connectivity index (χ1) is 10.5. The predicted molar refractivity (Wildman–Crippen MR) is 89.6 cm³/mol. The van der Waals surface area contributed by atoms with Gasteiger partial charge in [-0.15, -0.1) is 11.3 Å². The van der Waals surface area contributed by atoms with Crippen molar-refractivity contribution < 1.29 is 14.3 Å². The molecule has 0 bridgehead atoms. The smallest absolute Gasteiger partial charge is 0.350 e. The third-order valence-corrected chi connectivity index (χ3v) is 4.75. The fraction of sp³-hybridized carbons (Fsp3) is 0.375. The molecule has 0 radical (unpaired) electrons. The van der Waals surface area contributed by atoms with Crippen molar-refractivity contribution in [2.75, 3.05) is 13.2 Å². The SMILES string of the molecule is CC(C)CCNC(=O)COC(=O)c1sc2ccccc2c1Cl. The van der Waals surface area contributed by atoms with E-state index < -0.39 is 5.97 Å². The molecule has 1 amide bonds. The maximum absolute atomic E-state index is 12.0. The first-order valence-electron chi connectivity index (χ1n) is 7.10. The number of nitrogens with one attached hydrogen (secondary N) is 1. The number of carbonyl (C=O) groups is 2. The molecule has 0 saturated carbocycles. The van der Waals surface area contributed by atoms with E-state index in [4.69, 9.17) is 16.3 Å². The van der Waals surface area contributed by atoms with Gasteiger partial charge in [0.15, 0.2) is 6.61 Å². The summed E-state index contributed by atoms with van der Waals surface area (Å²) in [5.74, 6) is -0.350. The predicted octanol–water partition coefficient (Wildman–Crippen LogP) is 3.87. The Morgan fingerprint density at radius 1 is 1.32 bits per heavy atom. The summed E-state index contributed by atoms with van der Waals surface area (Å²) < 4.78 is 5.95. The third kappa shape index (κ3) is 4.21. The van der Waals surface area contributed by atoms with Crippen molar-refractivity contribution in [3.05, 3.63) is 34.2 Å². The largest absolute Gasteiger partial charge is 0.451 e. The monoisotopic (exact) mass is 339 g/mol. The second-order valence-corrected chi connectivity index (χ2v) is 6.78. The Kier molecular flexibility index (Phi) is 5.80. The van der Waals surface area contributed by atoms with Crippen LogP contribution in [0, 0.1) is 5.92 Å².